The van der Waals surface area contributed by atoms with Crippen molar-refractivity contribution >= 4 is 23.6 Å². The number of carbonyl (C=O) groups excluding carboxylic acids is 1. The van der Waals surface area contributed by atoms with Crippen LogP contribution in [0.3, 0.4) is 0 Å². The number of carbonyl (C=O) groups is 1. The summed E-state index contributed by atoms with van der Waals surface area (Å²) in [6.07, 6.45) is 4.47. The summed E-state index contributed by atoms with van der Waals surface area (Å²) in [5.74, 6) is 0.801. The molecule has 2 aromatic rings. The van der Waals surface area contributed by atoms with Crippen LogP contribution >= 0.6 is 11.6 Å². The third-order valence-electron chi connectivity index (χ3n) is 4.49. The van der Waals surface area contributed by atoms with Crippen molar-refractivity contribution in [2.24, 2.45) is 0 Å². The van der Waals surface area contributed by atoms with Crippen LogP contribution < -0.4 is 15.5 Å². The lowest BCUT2D eigenvalue weighted by Gasteiger charge is -2.34. The number of benzene rings is 1. The van der Waals surface area contributed by atoms with Gasteiger partial charge in [-0.2, -0.15) is 0 Å². The molecule has 2 N–H and O–H groups in total. The molecule has 2 heterocycles. The Morgan fingerprint density at radius 2 is 1.85 bits per heavy atom. The van der Waals surface area contributed by atoms with E-state index in [2.05, 4.69) is 30.4 Å². The number of aromatic nitrogens is 2. The molecule has 144 valence electrons. The summed E-state index contributed by atoms with van der Waals surface area (Å²) in [6, 6.07) is 9.16. The summed E-state index contributed by atoms with van der Waals surface area (Å²) in [6.45, 7) is 5.92. The Labute approximate surface area is 164 Å². The van der Waals surface area contributed by atoms with Crippen molar-refractivity contribution in [3.05, 3.63) is 53.3 Å². The van der Waals surface area contributed by atoms with Crippen molar-refractivity contribution in [2.45, 2.75) is 13.0 Å². The number of anilines is 1. The van der Waals surface area contributed by atoms with E-state index in [1.54, 1.807) is 12.4 Å². The quantitative estimate of drug-likeness (QED) is 0.711. The van der Waals surface area contributed by atoms with Gasteiger partial charge in [0.15, 0.2) is 0 Å². The lowest BCUT2D eigenvalue weighted by atomic mass is 10.2. The van der Waals surface area contributed by atoms with Gasteiger partial charge in [-0.05, 0) is 36.7 Å². The number of amides is 2. The first kappa shape index (κ1) is 19.4. The largest absolute Gasteiger partial charge is 0.338 e. The minimum absolute atomic E-state index is 0.152. The topological polar surface area (TPSA) is 73.4 Å². The molecule has 0 saturated carbocycles. The van der Waals surface area contributed by atoms with Gasteiger partial charge in [-0.25, -0.2) is 14.8 Å². The van der Waals surface area contributed by atoms with Crippen LogP contribution in [0.1, 0.15) is 12.0 Å². The first-order valence-electron chi connectivity index (χ1n) is 9.21. The zero-order chi connectivity index (χ0) is 18.9. The fourth-order valence-corrected chi connectivity index (χ4v) is 3.24. The molecule has 0 radical (unpaired) electrons. The predicted molar refractivity (Wildman–Crippen MR) is 107 cm³/mol. The van der Waals surface area contributed by atoms with Crippen molar-refractivity contribution in [1.82, 2.24) is 25.5 Å². The fourth-order valence-electron chi connectivity index (χ4n) is 3.02. The zero-order valence-corrected chi connectivity index (χ0v) is 16.0. The van der Waals surface area contributed by atoms with Gasteiger partial charge >= 0.3 is 6.03 Å². The summed E-state index contributed by atoms with van der Waals surface area (Å²) in [4.78, 5) is 25.1. The second kappa shape index (κ2) is 10.1. The Kier molecular flexibility index (Phi) is 7.24. The number of piperazine rings is 1. The number of hydrogen-bond donors (Lipinski definition) is 2. The average molecular weight is 389 g/mol. The van der Waals surface area contributed by atoms with Gasteiger partial charge in [-0.1, -0.05) is 23.7 Å². The molecule has 0 bridgehead atoms. The highest BCUT2D eigenvalue weighted by atomic mass is 35.5. The van der Waals surface area contributed by atoms with Crippen LogP contribution in [0, 0.1) is 0 Å². The standard InChI is InChI=1S/C19H25ClN6O/c20-17-5-1-4-16(14-17)15-24-19(27)23-8-3-9-25-10-12-26(13-11-25)18-21-6-2-7-22-18/h1-2,4-7,14H,3,8-13,15H2,(H2,23,24,27). The summed E-state index contributed by atoms with van der Waals surface area (Å²) in [7, 11) is 0. The van der Waals surface area contributed by atoms with Gasteiger partial charge < -0.3 is 15.5 Å². The molecule has 0 spiro atoms. The Morgan fingerprint density at radius 1 is 1.07 bits per heavy atom. The molecule has 7 nitrogen and oxygen atoms in total. The van der Waals surface area contributed by atoms with E-state index in [-0.39, 0.29) is 6.03 Å². The van der Waals surface area contributed by atoms with Gasteiger partial charge in [-0.3, -0.25) is 4.90 Å². The van der Waals surface area contributed by atoms with Crippen molar-refractivity contribution in [2.75, 3.05) is 44.2 Å². The van der Waals surface area contributed by atoms with E-state index in [1.165, 1.54) is 0 Å². The molecule has 1 aromatic carbocycles. The number of nitrogens with one attached hydrogen (secondary N) is 2. The maximum atomic E-state index is 11.9. The molecule has 27 heavy (non-hydrogen) atoms. The monoisotopic (exact) mass is 388 g/mol. The van der Waals surface area contributed by atoms with Crippen molar-refractivity contribution in [1.29, 1.82) is 0 Å². The maximum Gasteiger partial charge on any atom is 0.315 e. The van der Waals surface area contributed by atoms with Gasteiger partial charge in [-0.15, -0.1) is 0 Å². The van der Waals surface area contributed by atoms with E-state index >= 15 is 0 Å². The molecule has 1 aromatic heterocycles. The van der Waals surface area contributed by atoms with E-state index < -0.39 is 0 Å². The van der Waals surface area contributed by atoms with E-state index in [0.29, 0.717) is 18.1 Å². The number of rotatable bonds is 7. The van der Waals surface area contributed by atoms with Gasteiger partial charge in [0, 0.05) is 56.7 Å². The zero-order valence-electron chi connectivity index (χ0n) is 15.3. The number of urea groups is 1. The fraction of sp³-hybridized carbons (Fsp3) is 0.421. The molecule has 8 heteroatoms. The molecule has 1 aliphatic rings. The van der Waals surface area contributed by atoms with Crippen LogP contribution in [0.2, 0.25) is 5.02 Å². The molecule has 0 atom stereocenters. The van der Waals surface area contributed by atoms with Crippen LogP contribution in [0.25, 0.3) is 0 Å². The lowest BCUT2D eigenvalue weighted by Crippen LogP contribution is -2.47. The molecular weight excluding hydrogens is 364 g/mol. The Morgan fingerprint density at radius 3 is 2.59 bits per heavy atom. The van der Waals surface area contributed by atoms with E-state index in [4.69, 9.17) is 11.6 Å². The van der Waals surface area contributed by atoms with Gasteiger partial charge in [0.25, 0.3) is 0 Å². The second-order valence-corrected chi connectivity index (χ2v) is 6.91. The Bertz CT molecular complexity index is 721. The Hall–Kier alpha value is -2.38. The van der Waals surface area contributed by atoms with Gasteiger partial charge in [0.2, 0.25) is 5.95 Å². The maximum absolute atomic E-state index is 11.9. The van der Waals surface area contributed by atoms with Gasteiger partial charge in [0.05, 0.1) is 0 Å². The van der Waals surface area contributed by atoms with Crippen LogP contribution in [-0.2, 0) is 6.54 Å². The van der Waals surface area contributed by atoms with Crippen molar-refractivity contribution < 1.29 is 4.79 Å². The first-order valence-corrected chi connectivity index (χ1v) is 9.59. The third-order valence-corrected chi connectivity index (χ3v) is 4.72. The highest BCUT2D eigenvalue weighted by Gasteiger charge is 2.18. The van der Waals surface area contributed by atoms with Crippen molar-refractivity contribution in [3.63, 3.8) is 0 Å². The predicted octanol–water partition coefficient (Wildman–Crippen LogP) is 2.14. The van der Waals surface area contributed by atoms with E-state index in [9.17, 15) is 4.79 Å². The number of halogens is 1. The molecule has 3 rings (SSSR count). The summed E-state index contributed by atoms with van der Waals surface area (Å²) >= 11 is 5.94. The molecule has 0 unspecified atom stereocenters. The highest BCUT2D eigenvalue weighted by Crippen LogP contribution is 2.10. The number of nitrogens with zero attached hydrogens (tertiary/aromatic N) is 4. The van der Waals surface area contributed by atoms with Crippen LogP contribution in [0.4, 0.5) is 10.7 Å². The SMILES string of the molecule is O=C(NCCCN1CCN(c2ncccn2)CC1)NCc1cccc(Cl)c1. The smallest absolute Gasteiger partial charge is 0.315 e. The second-order valence-electron chi connectivity index (χ2n) is 6.47. The number of hydrogen-bond acceptors (Lipinski definition) is 5. The van der Waals surface area contributed by atoms with E-state index in [1.807, 2.05) is 30.3 Å². The Balaban J connectivity index is 1.27. The normalized spacial score (nSPS) is 14.8. The average Bonchev–Trinajstić information content (AvgIpc) is 2.71. The lowest BCUT2D eigenvalue weighted by molar-refractivity contribution is 0.235. The molecule has 1 aliphatic heterocycles. The van der Waals surface area contributed by atoms with Gasteiger partial charge in [0.1, 0.15) is 0 Å². The molecule has 1 saturated heterocycles. The summed E-state index contributed by atoms with van der Waals surface area (Å²) < 4.78 is 0. The molecule has 1 fully saturated rings. The summed E-state index contributed by atoms with van der Waals surface area (Å²) in [5, 5.41) is 6.42. The highest BCUT2D eigenvalue weighted by molar-refractivity contribution is 6.30. The minimum Gasteiger partial charge on any atom is -0.338 e. The van der Waals surface area contributed by atoms with E-state index in [0.717, 1.165) is 50.7 Å². The molecule has 2 amide bonds. The van der Waals surface area contributed by atoms with Crippen molar-refractivity contribution in [3.8, 4) is 0 Å². The third kappa shape index (κ3) is 6.37. The minimum atomic E-state index is -0.152. The van der Waals surface area contributed by atoms with Crippen LogP contribution in [0.5, 0.6) is 0 Å². The summed E-state index contributed by atoms with van der Waals surface area (Å²) in [5.41, 5.74) is 0.984. The van der Waals surface area contributed by atoms with Crippen LogP contribution in [0.15, 0.2) is 42.7 Å². The van der Waals surface area contributed by atoms with Crippen LogP contribution in [-0.4, -0.2) is 60.2 Å². The first-order chi connectivity index (χ1) is 13.2. The molecule has 0 aliphatic carbocycles. The molecular formula is C19H25ClN6O.